The Hall–Kier alpha value is -2.35. The summed E-state index contributed by atoms with van der Waals surface area (Å²) in [5.74, 6) is 0.471. The number of aromatic amines is 1. The Morgan fingerprint density at radius 3 is 3.25 bits per heavy atom. The van der Waals surface area contributed by atoms with Gasteiger partial charge in [-0.3, -0.25) is 5.10 Å². The average molecular weight is 332 g/mol. The lowest BCUT2D eigenvalue weighted by Crippen LogP contribution is -2.46. The van der Waals surface area contributed by atoms with Crippen LogP contribution in [-0.4, -0.2) is 50.9 Å². The Morgan fingerprint density at radius 1 is 1.54 bits per heavy atom. The number of urea groups is 1. The van der Waals surface area contributed by atoms with Crippen LogP contribution < -0.4 is 5.32 Å². The molecule has 1 atom stereocenters. The van der Waals surface area contributed by atoms with Crippen LogP contribution in [0.2, 0.25) is 0 Å². The van der Waals surface area contributed by atoms with Crippen molar-refractivity contribution in [2.45, 2.75) is 32.5 Å². The van der Waals surface area contributed by atoms with Crippen LogP contribution in [0, 0.1) is 5.92 Å². The van der Waals surface area contributed by atoms with Crippen LogP contribution in [0.1, 0.15) is 24.2 Å². The van der Waals surface area contributed by atoms with Gasteiger partial charge in [0.25, 0.3) is 0 Å². The van der Waals surface area contributed by atoms with Gasteiger partial charge in [0.2, 0.25) is 0 Å². The highest BCUT2D eigenvalue weighted by molar-refractivity contribution is 5.74. The minimum atomic E-state index is -0.0202. The Bertz CT molecular complexity index is 639. The number of aromatic nitrogens is 4. The molecule has 24 heavy (non-hydrogen) atoms. The maximum atomic E-state index is 12.4. The number of rotatable bonds is 6. The molecule has 3 rings (SSSR count). The molecule has 130 valence electrons. The lowest BCUT2D eigenvalue weighted by molar-refractivity contribution is 0.159. The minimum absolute atomic E-state index is 0.0202. The van der Waals surface area contributed by atoms with Crippen LogP contribution in [-0.2, 0) is 24.4 Å². The van der Waals surface area contributed by atoms with Gasteiger partial charge in [0.1, 0.15) is 0 Å². The first-order valence-corrected chi connectivity index (χ1v) is 8.25. The molecule has 1 saturated heterocycles. The van der Waals surface area contributed by atoms with E-state index in [1.54, 1.807) is 13.3 Å². The van der Waals surface area contributed by atoms with Crippen LogP contribution in [0.15, 0.2) is 24.8 Å². The normalized spacial score (nSPS) is 17.9. The van der Waals surface area contributed by atoms with E-state index < -0.39 is 0 Å². The number of nitrogens with one attached hydrogen (secondary N) is 2. The fourth-order valence-electron chi connectivity index (χ4n) is 3.10. The van der Waals surface area contributed by atoms with Gasteiger partial charge in [0.15, 0.2) is 0 Å². The molecule has 2 aromatic heterocycles. The smallest absolute Gasteiger partial charge is 0.317 e. The molecule has 2 amide bonds. The zero-order valence-corrected chi connectivity index (χ0v) is 13.9. The molecule has 3 heterocycles. The molecule has 0 saturated carbocycles. The van der Waals surface area contributed by atoms with Crippen LogP contribution in [0.4, 0.5) is 4.79 Å². The van der Waals surface area contributed by atoms with Crippen molar-refractivity contribution in [2.75, 3.05) is 20.2 Å². The average Bonchev–Trinajstić information content (AvgIpc) is 3.25. The van der Waals surface area contributed by atoms with Crippen molar-refractivity contribution in [1.82, 2.24) is 30.0 Å². The molecular formula is C16H24N6O2. The number of likely N-dealkylation sites (tertiary alicyclic amines) is 1. The van der Waals surface area contributed by atoms with E-state index in [9.17, 15) is 4.79 Å². The second-order valence-electron chi connectivity index (χ2n) is 6.19. The minimum Gasteiger partial charge on any atom is -0.378 e. The van der Waals surface area contributed by atoms with Gasteiger partial charge >= 0.3 is 6.03 Å². The molecule has 0 bridgehead atoms. The first-order chi connectivity index (χ1) is 11.7. The number of imidazole rings is 1. The van der Waals surface area contributed by atoms with Crippen molar-refractivity contribution >= 4 is 6.03 Å². The fourth-order valence-corrected chi connectivity index (χ4v) is 3.10. The molecule has 1 aliphatic heterocycles. The highest BCUT2D eigenvalue weighted by atomic mass is 16.5. The van der Waals surface area contributed by atoms with Gasteiger partial charge in [-0.1, -0.05) is 0 Å². The van der Waals surface area contributed by atoms with E-state index in [2.05, 4.69) is 25.1 Å². The number of amides is 2. The Morgan fingerprint density at radius 2 is 2.46 bits per heavy atom. The summed E-state index contributed by atoms with van der Waals surface area (Å²) in [6.45, 7) is 3.40. The number of nitrogens with zero attached hydrogens (tertiary/aromatic N) is 4. The summed E-state index contributed by atoms with van der Waals surface area (Å²) in [6.07, 6.45) is 7.76. The maximum absolute atomic E-state index is 12.4. The number of hydrogen-bond acceptors (Lipinski definition) is 4. The van der Waals surface area contributed by atoms with E-state index in [4.69, 9.17) is 4.74 Å². The van der Waals surface area contributed by atoms with Crippen molar-refractivity contribution in [3.05, 3.63) is 36.2 Å². The van der Waals surface area contributed by atoms with Gasteiger partial charge < -0.3 is 19.5 Å². The molecule has 2 N–H and O–H groups in total. The van der Waals surface area contributed by atoms with Crippen LogP contribution in [0.5, 0.6) is 0 Å². The summed E-state index contributed by atoms with van der Waals surface area (Å²) >= 11 is 0. The molecule has 1 unspecified atom stereocenters. The molecule has 0 radical (unpaired) electrons. The standard InChI is InChI=1S/C16H24N6O2/c1-24-11-15-7-14(19-20-15)8-18-16(23)22-5-2-3-13(10-22)9-21-6-4-17-12-21/h4,6-7,12-13H,2-3,5,8-11H2,1H3,(H,18,23)(H,19,20). The second kappa shape index (κ2) is 7.96. The summed E-state index contributed by atoms with van der Waals surface area (Å²) in [7, 11) is 1.63. The van der Waals surface area contributed by atoms with Crippen molar-refractivity contribution in [3.8, 4) is 0 Å². The van der Waals surface area contributed by atoms with Crippen molar-refractivity contribution in [1.29, 1.82) is 0 Å². The first-order valence-electron chi connectivity index (χ1n) is 8.25. The van der Waals surface area contributed by atoms with Gasteiger partial charge in [-0.25, -0.2) is 9.78 Å². The summed E-state index contributed by atoms with van der Waals surface area (Å²) in [4.78, 5) is 18.4. The van der Waals surface area contributed by atoms with Crippen molar-refractivity contribution in [2.24, 2.45) is 5.92 Å². The predicted molar refractivity (Wildman–Crippen MR) is 88.1 cm³/mol. The number of H-pyrrole nitrogens is 1. The summed E-state index contributed by atoms with van der Waals surface area (Å²) < 4.78 is 7.11. The number of hydrogen-bond donors (Lipinski definition) is 2. The van der Waals surface area contributed by atoms with E-state index in [0.29, 0.717) is 19.1 Å². The fraction of sp³-hybridized carbons (Fsp3) is 0.562. The third-order valence-corrected chi connectivity index (χ3v) is 4.24. The monoisotopic (exact) mass is 332 g/mol. The van der Waals surface area contributed by atoms with Crippen molar-refractivity contribution in [3.63, 3.8) is 0 Å². The molecule has 0 aliphatic carbocycles. The number of carbonyl (C=O) groups is 1. The molecule has 2 aromatic rings. The van der Waals surface area contributed by atoms with E-state index in [1.807, 2.05) is 23.5 Å². The lowest BCUT2D eigenvalue weighted by atomic mass is 9.98. The highest BCUT2D eigenvalue weighted by Crippen LogP contribution is 2.18. The molecule has 0 spiro atoms. The first kappa shape index (κ1) is 16.5. The van der Waals surface area contributed by atoms with Gasteiger partial charge in [0, 0.05) is 39.1 Å². The Balaban J connectivity index is 1.47. The Labute approximate surface area is 141 Å². The highest BCUT2D eigenvalue weighted by Gasteiger charge is 2.23. The van der Waals surface area contributed by atoms with Gasteiger partial charge in [-0.2, -0.15) is 5.10 Å². The Kier molecular flexibility index (Phi) is 5.47. The van der Waals surface area contributed by atoms with E-state index in [-0.39, 0.29) is 6.03 Å². The molecular weight excluding hydrogens is 308 g/mol. The zero-order chi connectivity index (χ0) is 16.8. The van der Waals surface area contributed by atoms with Crippen LogP contribution in [0.3, 0.4) is 0 Å². The lowest BCUT2D eigenvalue weighted by Gasteiger charge is -2.32. The van der Waals surface area contributed by atoms with Crippen molar-refractivity contribution < 1.29 is 9.53 Å². The van der Waals surface area contributed by atoms with Crippen LogP contribution in [0.25, 0.3) is 0 Å². The van der Waals surface area contributed by atoms with E-state index >= 15 is 0 Å². The second-order valence-corrected chi connectivity index (χ2v) is 6.19. The number of carbonyl (C=O) groups excluding carboxylic acids is 1. The van der Waals surface area contributed by atoms with Gasteiger partial charge in [0.05, 0.1) is 30.9 Å². The van der Waals surface area contributed by atoms with E-state index in [0.717, 1.165) is 43.9 Å². The maximum Gasteiger partial charge on any atom is 0.317 e. The summed E-state index contributed by atoms with van der Waals surface area (Å²) in [5.41, 5.74) is 1.71. The summed E-state index contributed by atoms with van der Waals surface area (Å²) in [6, 6.07) is 1.88. The third-order valence-electron chi connectivity index (χ3n) is 4.24. The van der Waals surface area contributed by atoms with Gasteiger partial charge in [-0.05, 0) is 24.8 Å². The third kappa shape index (κ3) is 4.35. The van der Waals surface area contributed by atoms with E-state index in [1.165, 1.54) is 0 Å². The number of ether oxygens (including phenoxy) is 1. The molecule has 8 heteroatoms. The van der Waals surface area contributed by atoms with Crippen LogP contribution >= 0.6 is 0 Å². The predicted octanol–water partition coefficient (Wildman–Crippen LogP) is 1.37. The number of methoxy groups -OCH3 is 1. The summed E-state index contributed by atoms with van der Waals surface area (Å²) in [5, 5.41) is 10.00. The molecule has 1 fully saturated rings. The van der Waals surface area contributed by atoms with Gasteiger partial charge in [-0.15, -0.1) is 0 Å². The molecule has 0 aromatic carbocycles. The largest absolute Gasteiger partial charge is 0.378 e. The SMILES string of the molecule is COCc1cc(CNC(=O)N2CCCC(Cn3ccnc3)C2)[nH]n1. The quantitative estimate of drug-likeness (QED) is 0.836. The molecule has 1 aliphatic rings. The molecule has 8 nitrogen and oxygen atoms in total. The number of piperidine rings is 1. The zero-order valence-electron chi connectivity index (χ0n) is 13.9. The topological polar surface area (TPSA) is 88.1 Å².